The highest BCUT2D eigenvalue weighted by molar-refractivity contribution is 5.84. The Morgan fingerprint density at radius 3 is 1.16 bits per heavy atom. The molecular formula is C37H29N. The van der Waals surface area contributed by atoms with Gasteiger partial charge in [0.25, 0.3) is 0 Å². The topological polar surface area (TPSA) is 26.0 Å². The molecule has 0 aromatic heterocycles. The minimum absolute atomic E-state index is 0.776. The molecule has 0 atom stereocenters. The van der Waals surface area contributed by atoms with Crippen LogP contribution in [0.15, 0.2) is 146 Å². The van der Waals surface area contributed by atoms with Crippen molar-refractivity contribution in [3.63, 3.8) is 0 Å². The van der Waals surface area contributed by atoms with Crippen molar-refractivity contribution < 1.29 is 0 Å². The van der Waals surface area contributed by atoms with Gasteiger partial charge in [-0.15, -0.1) is 0 Å². The van der Waals surface area contributed by atoms with Crippen LogP contribution in [-0.2, 0) is 0 Å². The average molecular weight is 488 g/mol. The van der Waals surface area contributed by atoms with Gasteiger partial charge in [-0.05, 0) is 105 Å². The molecule has 0 aliphatic rings. The first-order valence-corrected chi connectivity index (χ1v) is 13.0. The molecule has 0 saturated carbocycles. The molecule has 0 spiro atoms. The summed E-state index contributed by atoms with van der Waals surface area (Å²) in [5, 5.41) is 0. The minimum atomic E-state index is 0.776. The molecule has 182 valence electrons. The summed E-state index contributed by atoms with van der Waals surface area (Å²) in [5.41, 5.74) is 20.0. The maximum atomic E-state index is 5.92. The summed E-state index contributed by atoms with van der Waals surface area (Å²) in [6, 6.07) is 51.9. The predicted octanol–water partition coefficient (Wildman–Crippen LogP) is 9.91. The molecule has 0 bridgehead atoms. The lowest BCUT2D eigenvalue weighted by molar-refractivity contribution is 1.47. The fourth-order valence-corrected chi connectivity index (χ4v) is 4.94. The molecule has 0 saturated heterocycles. The van der Waals surface area contributed by atoms with Crippen LogP contribution in [0.1, 0.15) is 5.56 Å². The van der Waals surface area contributed by atoms with Crippen LogP contribution in [0.4, 0.5) is 5.69 Å². The van der Waals surface area contributed by atoms with E-state index in [0.29, 0.717) is 0 Å². The van der Waals surface area contributed by atoms with Gasteiger partial charge in [0.1, 0.15) is 0 Å². The molecule has 6 aromatic carbocycles. The van der Waals surface area contributed by atoms with E-state index in [2.05, 4.69) is 140 Å². The number of nitrogen functional groups attached to an aromatic ring is 1. The number of rotatable bonds is 5. The SMILES string of the molecule is Cc1ccc(-c2cccc(-c3cc(-c4ccccc4)cc(-c4cccc(-c5ccc(N)cc5)c4)c3)c2)cc1. The van der Waals surface area contributed by atoms with Gasteiger partial charge in [-0.3, -0.25) is 0 Å². The normalized spacial score (nSPS) is 10.9. The third-order valence-corrected chi connectivity index (χ3v) is 7.06. The number of hydrogen-bond acceptors (Lipinski definition) is 1. The van der Waals surface area contributed by atoms with Crippen LogP contribution in [0, 0.1) is 6.92 Å². The van der Waals surface area contributed by atoms with E-state index >= 15 is 0 Å². The Labute approximate surface area is 224 Å². The Balaban J connectivity index is 1.48. The Bertz CT molecular complexity index is 1590. The van der Waals surface area contributed by atoms with Crippen molar-refractivity contribution in [2.24, 2.45) is 0 Å². The zero-order valence-electron chi connectivity index (χ0n) is 21.4. The lowest BCUT2D eigenvalue weighted by atomic mass is 9.91. The van der Waals surface area contributed by atoms with Gasteiger partial charge in [-0.2, -0.15) is 0 Å². The highest BCUT2D eigenvalue weighted by atomic mass is 14.5. The summed E-state index contributed by atoms with van der Waals surface area (Å²) in [5.74, 6) is 0. The van der Waals surface area contributed by atoms with Crippen LogP contribution >= 0.6 is 0 Å². The van der Waals surface area contributed by atoms with Gasteiger partial charge in [0.2, 0.25) is 0 Å². The zero-order valence-corrected chi connectivity index (χ0v) is 21.4. The van der Waals surface area contributed by atoms with Gasteiger partial charge in [0, 0.05) is 5.69 Å². The molecule has 0 aliphatic carbocycles. The van der Waals surface area contributed by atoms with E-state index in [1.54, 1.807) is 0 Å². The maximum Gasteiger partial charge on any atom is 0.0314 e. The van der Waals surface area contributed by atoms with Crippen molar-refractivity contribution in [1.29, 1.82) is 0 Å². The Morgan fingerprint density at radius 2 is 0.658 bits per heavy atom. The second-order valence-corrected chi connectivity index (χ2v) is 9.81. The van der Waals surface area contributed by atoms with Crippen LogP contribution in [-0.4, -0.2) is 0 Å². The molecular weight excluding hydrogens is 458 g/mol. The van der Waals surface area contributed by atoms with E-state index in [4.69, 9.17) is 5.73 Å². The van der Waals surface area contributed by atoms with Gasteiger partial charge in [0.05, 0.1) is 0 Å². The molecule has 2 N–H and O–H groups in total. The minimum Gasteiger partial charge on any atom is -0.399 e. The van der Waals surface area contributed by atoms with Crippen molar-refractivity contribution >= 4 is 5.69 Å². The van der Waals surface area contributed by atoms with E-state index in [1.807, 2.05) is 12.1 Å². The summed E-state index contributed by atoms with van der Waals surface area (Å²) in [6.45, 7) is 2.12. The first kappa shape index (κ1) is 23.5. The van der Waals surface area contributed by atoms with Crippen molar-refractivity contribution in [3.8, 4) is 55.6 Å². The van der Waals surface area contributed by atoms with Crippen molar-refractivity contribution in [2.45, 2.75) is 6.92 Å². The number of anilines is 1. The van der Waals surface area contributed by atoms with E-state index < -0.39 is 0 Å². The summed E-state index contributed by atoms with van der Waals surface area (Å²) >= 11 is 0. The predicted molar refractivity (Wildman–Crippen MR) is 163 cm³/mol. The molecule has 6 aromatic rings. The Kier molecular flexibility index (Phi) is 6.34. The summed E-state index contributed by atoms with van der Waals surface area (Å²) < 4.78 is 0. The third kappa shape index (κ3) is 5.00. The van der Waals surface area contributed by atoms with Crippen LogP contribution < -0.4 is 5.73 Å². The van der Waals surface area contributed by atoms with Crippen LogP contribution in [0.2, 0.25) is 0 Å². The molecule has 1 nitrogen and oxygen atoms in total. The lowest BCUT2D eigenvalue weighted by Gasteiger charge is -2.13. The summed E-state index contributed by atoms with van der Waals surface area (Å²) in [6.07, 6.45) is 0. The van der Waals surface area contributed by atoms with E-state index in [-0.39, 0.29) is 0 Å². The van der Waals surface area contributed by atoms with E-state index in [9.17, 15) is 0 Å². The van der Waals surface area contributed by atoms with Crippen molar-refractivity contribution in [3.05, 3.63) is 151 Å². The average Bonchev–Trinajstić information content (AvgIpc) is 2.98. The van der Waals surface area contributed by atoms with E-state index in [1.165, 1.54) is 55.6 Å². The zero-order chi connectivity index (χ0) is 25.9. The van der Waals surface area contributed by atoms with Gasteiger partial charge < -0.3 is 5.73 Å². The molecule has 6 rings (SSSR count). The van der Waals surface area contributed by atoms with Gasteiger partial charge in [-0.1, -0.05) is 109 Å². The molecule has 0 heterocycles. The third-order valence-electron chi connectivity index (χ3n) is 7.06. The molecule has 1 heteroatoms. The van der Waals surface area contributed by atoms with Gasteiger partial charge in [0.15, 0.2) is 0 Å². The van der Waals surface area contributed by atoms with Crippen LogP contribution in [0.5, 0.6) is 0 Å². The standard InChI is InChI=1S/C37H29N/c1-26-13-15-28(16-14-26)30-9-5-11-32(21-30)35-23-34(27-7-3-2-4-8-27)24-36(25-35)33-12-6-10-31(22-33)29-17-19-37(38)20-18-29/h2-25H,38H2,1H3. The second kappa shape index (κ2) is 10.2. The van der Waals surface area contributed by atoms with Crippen LogP contribution in [0.3, 0.4) is 0 Å². The summed E-state index contributed by atoms with van der Waals surface area (Å²) in [7, 11) is 0. The largest absolute Gasteiger partial charge is 0.399 e. The highest BCUT2D eigenvalue weighted by Gasteiger charge is 2.10. The molecule has 0 radical (unpaired) electrons. The molecule has 38 heavy (non-hydrogen) atoms. The Hall–Kier alpha value is -4.88. The quantitative estimate of drug-likeness (QED) is 0.241. The highest BCUT2D eigenvalue weighted by Crippen LogP contribution is 2.35. The smallest absolute Gasteiger partial charge is 0.0314 e. The van der Waals surface area contributed by atoms with Crippen molar-refractivity contribution in [1.82, 2.24) is 0 Å². The number of hydrogen-bond donors (Lipinski definition) is 1. The Morgan fingerprint density at radius 1 is 0.316 bits per heavy atom. The summed E-state index contributed by atoms with van der Waals surface area (Å²) in [4.78, 5) is 0. The lowest BCUT2D eigenvalue weighted by Crippen LogP contribution is -1.88. The fourth-order valence-electron chi connectivity index (χ4n) is 4.94. The molecule has 0 amide bonds. The first-order chi connectivity index (χ1) is 18.6. The first-order valence-electron chi connectivity index (χ1n) is 13.0. The fraction of sp³-hybridized carbons (Fsp3) is 0.0270. The number of nitrogens with two attached hydrogens (primary N) is 1. The second-order valence-electron chi connectivity index (χ2n) is 9.81. The number of aryl methyl sites for hydroxylation is 1. The monoisotopic (exact) mass is 487 g/mol. The van der Waals surface area contributed by atoms with Crippen molar-refractivity contribution in [2.75, 3.05) is 5.73 Å². The maximum absolute atomic E-state index is 5.92. The van der Waals surface area contributed by atoms with E-state index in [0.717, 1.165) is 11.3 Å². The number of benzene rings is 6. The molecule has 0 fully saturated rings. The van der Waals surface area contributed by atoms with Crippen LogP contribution in [0.25, 0.3) is 55.6 Å². The van der Waals surface area contributed by atoms with Gasteiger partial charge in [-0.25, -0.2) is 0 Å². The van der Waals surface area contributed by atoms with Gasteiger partial charge >= 0.3 is 0 Å². The molecule has 0 unspecified atom stereocenters. The molecule has 0 aliphatic heterocycles.